The summed E-state index contributed by atoms with van der Waals surface area (Å²) in [6.45, 7) is 6.02. The Morgan fingerprint density at radius 1 is 1.09 bits per heavy atom. The van der Waals surface area contributed by atoms with Crippen molar-refractivity contribution in [3.05, 3.63) is 68.7 Å². The van der Waals surface area contributed by atoms with Gasteiger partial charge in [-0.05, 0) is 55.2 Å². The van der Waals surface area contributed by atoms with Crippen molar-refractivity contribution in [2.75, 3.05) is 0 Å². The maximum atomic E-state index is 12.2. The minimum atomic E-state index is -0.163. The van der Waals surface area contributed by atoms with E-state index in [0.29, 0.717) is 16.5 Å². The fraction of sp³-hybridized carbons (Fsp3) is 0.278. The lowest BCUT2D eigenvalue weighted by Gasteiger charge is -2.16. The molecule has 0 saturated carbocycles. The molecule has 0 aliphatic heterocycles. The third-order valence-electron chi connectivity index (χ3n) is 3.74. The van der Waals surface area contributed by atoms with Crippen molar-refractivity contribution in [2.45, 2.75) is 33.2 Å². The topological polar surface area (TPSA) is 29.1 Å². The zero-order chi connectivity index (χ0) is 16.3. The Hall–Kier alpha value is -1.51. The molecule has 0 bridgehead atoms. The molecule has 1 amide bonds. The van der Waals surface area contributed by atoms with E-state index in [-0.39, 0.29) is 11.9 Å². The number of aryl methyl sites for hydroxylation is 2. The molecule has 0 radical (unpaired) electrons. The van der Waals surface area contributed by atoms with Gasteiger partial charge in [-0.25, -0.2) is 0 Å². The van der Waals surface area contributed by atoms with Crippen LogP contribution in [0, 0.1) is 13.8 Å². The highest BCUT2D eigenvalue weighted by atomic mass is 35.5. The van der Waals surface area contributed by atoms with Crippen LogP contribution in [0.15, 0.2) is 36.4 Å². The lowest BCUT2D eigenvalue weighted by atomic mass is 10.0. The summed E-state index contributed by atoms with van der Waals surface area (Å²) in [5.41, 5.74) is 4.29. The second-order valence-electron chi connectivity index (χ2n) is 5.55. The third-order valence-corrected chi connectivity index (χ3v) is 4.30. The van der Waals surface area contributed by atoms with Crippen LogP contribution in [0.2, 0.25) is 10.0 Å². The van der Waals surface area contributed by atoms with Crippen LogP contribution in [0.1, 0.15) is 35.2 Å². The average molecular weight is 336 g/mol. The van der Waals surface area contributed by atoms with Gasteiger partial charge in [-0.15, -0.1) is 0 Å². The highest BCUT2D eigenvalue weighted by Gasteiger charge is 2.13. The van der Waals surface area contributed by atoms with Crippen LogP contribution in [0.5, 0.6) is 0 Å². The van der Waals surface area contributed by atoms with Crippen LogP contribution in [-0.4, -0.2) is 5.91 Å². The fourth-order valence-electron chi connectivity index (χ4n) is 2.32. The molecule has 116 valence electrons. The number of hydrogen-bond donors (Lipinski definition) is 1. The molecule has 0 aromatic heterocycles. The van der Waals surface area contributed by atoms with Crippen LogP contribution < -0.4 is 5.32 Å². The highest BCUT2D eigenvalue weighted by Crippen LogP contribution is 2.26. The number of carbonyl (C=O) groups excluding carboxylic acids is 1. The van der Waals surface area contributed by atoms with E-state index in [9.17, 15) is 4.79 Å². The summed E-state index contributed by atoms with van der Waals surface area (Å²) in [5, 5.41) is 4.12. The summed E-state index contributed by atoms with van der Waals surface area (Å²) in [6, 6.07) is 11.2. The largest absolute Gasteiger partial charge is 0.349 e. The maximum absolute atomic E-state index is 12.2. The number of nitrogens with one attached hydrogen (secondary N) is 1. The Morgan fingerprint density at radius 2 is 1.82 bits per heavy atom. The predicted octanol–water partition coefficient (Wildman–Crippen LogP) is 5.03. The molecule has 1 unspecified atom stereocenters. The van der Waals surface area contributed by atoms with Crippen LogP contribution in [0.4, 0.5) is 0 Å². The standard InChI is InChI=1S/C18H19Cl2NO/c1-11-4-5-14(8-12(11)2)9-18(22)21-13(3)16-7-6-15(19)10-17(16)20/h4-8,10,13H,9H2,1-3H3,(H,21,22). The van der Waals surface area contributed by atoms with Gasteiger partial charge in [-0.1, -0.05) is 47.5 Å². The van der Waals surface area contributed by atoms with Crippen molar-refractivity contribution in [1.82, 2.24) is 5.32 Å². The normalized spacial score (nSPS) is 12.0. The van der Waals surface area contributed by atoms with Gasteiger partial charge in [0.2, 0.25) is 5.91 Å². The average Bonchev–Trinajstić information content (AvgIpc) is 2.42. The first-order chi connectivity index (χ1) is 10.4. The van der Waals surface area contributed by atoms with E-state index in [1.165, 1.54) is 11.1 Å². The van der Waals surface area contributed by atoms with E-state index in [2.05, 4.69) is 18.3 Å². The van der Waals surface area contributed by atoms with Gasteiger partial charge >= 0.3 is 0 Å². The SMILES string of the molecule is Cc1ccc(CC(=O)NC(C)c2ccc(Cl)cc2Cl)cc1C. The summed E-state index contributed by atoms with van der Waals surface area (Å²) in [7, 11) is 0. The zero-order valence-electron chi connectivity index (χ0n) is 12.9. The molecular formula is C18H19Cl2NO. The van der Waals surface area contributed by atoms with E-state index < -0.39 is 0 Å². The monoisotopic (exact) mass is 335 g/mol. The van der Waals surface area contributed by atoms with Crippen molar-refractivity contribution in [2.24, 2.45) is 0 Å². The molecule has 4 heteroatoms. The lowest BCUT2D eigenvalue weighted by molar-refractivity contribution is -0.121. The van der Waals surface area contributed by atoms with Gasteiger partial charge < -0.3 is 5.32 Å². The van der Waals surface area contributed by atoms with Crippen LogP contribution >= 0.6 is 23.2 Å². The Morgan fingerprint density at radius 3 is 2.45 bits per heavy atom. The minimum absolute atomic E-state index is 0.0261. The first kappa shape index (κ1) is 16.9. The molecule has 22 heavy (non-hydrogen) atoms. The van der Waals surface area contributed by atoms with Gasteiger partial charge in [0.1, 0.15) is 0 Å². The molecule has 1 N–H and O–H groups in total. The minimum Gasteiger partial charge on any atom is -0.349 e. The molecule has 2 rings (SSSR count). The molecule has 2 nitrogen and oxygen atoms in total. The molecule has 0 spiro atoms. The Bertz CT molecular complexity index is 697. The molecule has 0 heterocycles. The summed E-state index contributed by atoms with van der Waals surface area (Å²) in [5.74, 6) is -0.0261. The van der Waals surface area contributed by atoms with E-state index in [1.54, 1.807) is 12.1 Å². The third kappa shape index (κ3) is 4.25. The number of hydrogen-bond acceptors (Lipinski definition) is 1. The van der Waals surface area contributed by atoms with Crippen molar-refractivity contribution in [3.63, 3.8) is 0 Å². The second kappa shape index (κ2) is 7.17. The van der Waals surface area contributed by atoms with Crippen LogP contribution in [0.25, 0.3) is 0 Å². The lowest BCUT2D eigenvalue weighted by Crippen LogP contribution is -2.28. The Kier molecular flexibility index (Phi) is 5.49. The van der Waals surface area contributed by atoms with Crippen LogP contribution in [0.3, 0.4) is 0 Å². The van der Waals surface area contributed by atoms with Gasteiger partial charge in [0.15, 0.2) is 0 Å². The summed E-state index contributed by atoms with van der Waals surface area (Å²) in [6.07, 6.45) is 0.358. The van der Waals surface area contributed by atoms with Crippen molar-refractivity contribution < 1.29 is 4.79 Å². The zero-order valence-corrected chi connectivity index (χ0v) is 14.4. The molecular weight excluding hydrogens is 317 g/mol. The van der Waals surface area contributed by atoms with Gasteiger partial charge in [-0.3, -0.25) is 4.79 Å². The molecule has 0 aliphatic rings. The summed E-state index contributed by atoms with van der Waals surface area (Å²) < 4.78 is 0. The van der Waals surface area contributed by atoms with Crippen molar-refractivity contribution in [1.29, 1.82) is 0 Å². The molecule has 1 atom stereocenters. The number of benzene rings is 2. The molecule has 2 aromatic carbocycles. The van der Waals surface area contributed by atoms with E-state index in [4.69, 9.17) is 23.2 Å². The number of amides is 1. The molecule has 0 saturated heterocycles. The van der Waals surface area contributed by atoms with Crippen molar-refractivity contribution >= 4 is 29.1 Å². The van der Waals surface area contributed by atoms with Crippen molar-refractivity contribution in [3.8, 4) is 0 Å². The number of rotatable bonds is 4. The van der Waals surface area contributed by atoms with Crippen LogP contribution in [-0.2, 0) is 11.2 Å². The van der Waals surface area contributed by atoms with E-state index >= 15 is 0 Å². The van der Waals surface area contributed by atoms with Gasteiger partial charge in [0.05, 0.1) is 12.5 Å². The smallest absolute Gasteiger partial charge is 0.224 e. The Balaban J connectivity index is 2.03. The van der Waals surface area contributed by atoms with Gasteiger partial charge in [-0.2, -0.15) is 0 Å². The predicted molar refractivity (Wildman–Crippen MR) is 92.6 cm³/mol. The fourth-order valence-corrected chi connectivity index (χ4v) is 2.89. The molecule has 2 aromatic rings. The quantitative estimate of drug-likeness (QED) is 0.833. The van der Waals surface area contributed by atoms with Gasteiger partial charge in [0, 0.05) is 10.0 Å². The Labute approximate surface area is 141 Å². The first-order valence-corrected chi connectivity index (χ1v) is 7.93. The second-order valence-corrected chi connectivity index (χ2v) is 6.39. The highest BCUT2D eigenvalue weighted by molar-refractivity contribution is 6.35. The molecule has 0 fully saturated rings. The first-order valence-electron chi connectivity index (χ1n) is 7.17. The number of carbonyl (C=O) groups is 1. The summed E-state index contributed by atoms with van der Waals surface area (Å²) >= 11 is 12.1. The van der Waals surface area contributed by atoms with E-state index in [1.807, 2.05) is 32.0 Å². The van der Waals surface area contributed by atoms with E-state index in [0.717, 1.165) is 11.1 Å². The molecule has 0 aliphatic carbocycles. The summed E-state index contributed by atoms with van der Waals surface area (Å²) in [4.78, 5) is 12.2. The number of halogens is 2. The maximum Gasteiger partial charge on any atom is 0.224 e. The van der Waals surface area contributed by atoms with Gasteiger partial charge in [0.25, 0.3) is 0 Å².